The average Bonchev–Trinajstić information content (AvgIpc) is 2.38. The third kappa shape index (κ3) is 2.88. The van der Waals surface area contributed by atoms with Gasteiger partial charge in [-0.1, -0.05) is 12.1 Å². The zero-order valence-corrected chi connectivity index (χ0v) is 11.9. The van der Waals surface area contributed by atoms with Crippen LogP contribution in [0.1, 0.15) is 15.9 Å². The first-order chi connectivity index (χ1) is 8.99. The third-order valence-corrected chi connectivity index (χ3v) is 3.44. The summed E-state index contributed by atoms with van der Waals surface area (Å²) in [5.74, 6) is -0.230. The molecule has 98 valence electrons. The van der Waals surface area contributed by atoms with Gasteiger partial charge in [-0.2, -0.15) is 0 Å². The van der Waals surface area contributed by atoms with Crippen LogP contribution in [0.15, 0.2) is 40.9 Å². The number of hydrogen-bond acceptors (Lipinski definition) is 3. The number of rotatable bonds is 2. The van der Waals surface area contributed by atoms with E-state index in [1.165, 1.54) is 0 Å². The summed E-state index contributed by atoms with van der Waals surface area (Å²) in [5.41, 5.74) is 7.78. The highest BCUT2D eigenvalue weighted by atomic mass is 79.9. The van der Waals surface area contributed by atoms with Crippen LogP contribution in [0.5, 0.6) is 5.75 Å². The Morgan fingerprint density at radius 1 is 1.32 bits per heavy atom. The first kappa shape index (κ1) is 13.4. The van der Waals surface area contributed by atoms with Crippen molar-refractivity contribution in [2.24, 2.45) is 0 Å². The van der Waals surface area contributed by atoms with Crippen molar-refractivity contribution >= 4 is 33.2 Å². The molecule has 19 heavy (non-hydrogen) atoms. The molecule has 0 spiro atoms. The highest BCUT2D eigenvalue weighted by Gasteiger charge is 2.11. The molecular formula is C14H13BrN2O2. The Bertz CT molecular complexity index is 641. The van der Waals surface area contributed by atoms with Crippen LogP contribution in [-0.4, -0.2) is 11.0 Å². The first-order valence-corrected chi connectivity index (χ1v) is 6.43. The van der Waals surface area contributed by atoms with E-state index >= 15 is 0 Å². The van der Waals surface area contributed by atoms with Gasteiger partial charge in [0.25, 0.3) is 5.91 Å². The molecule has 4 N–H and O–H groups in total. The number of nitrogen functional groups attached to an aromatic ring is 1. The molecule has 0 heterocycles. The zero-order chi connectivity index (χ0) is 14.0. The van der Waals surface area contributed by atoms with Crippen LogP contribution in [0.2, 0.25) is 0 Å². The standard InChI is InChI=1S/C14H13BrN2O2/c1-8-3-2-4-12(13(8)18)17-14(19)9-5-6-11(16)10(15)7-9/h2-7,18H,16H2,1H3,(H,17,19). The fraction of sp³-hybridized carbons (Fsp3) is 0.0714. The summed E-state index contributed by atoms with van der Waals surface area (Å²) >= 11 is 3.27. The number of phenols is 1. The van der Waals surface area contributed by atoms with Crippen LogP contribution in [-0.2, 0) is 0 Å². The van der Waals surface area contributed by atoms with Crippen molar-refractivity contribution in [3.8, 4) is 5.75 Å². The van der Waals surface area contributed by atoms with Crippen molar-refractivity contribution in [1.29, 1.82) is 0 Å². The summed E-state index contributed by atoms with van der Waals surface area (Å²) in [4.78, 5) is 12.1. The lowest BCUT2D eigenvalue weighted by Crippen LogP contribution is -2.12. The molecule has 0 fully saturated rings. The van der Waals surface area contributed by atoms with Crippen LogP contribution in [0.4, 0.5) is 11.4 Å². The number of phenolic OH excluding ortho intramolecular Hbond substituents is 1. The number of para-hydroxylation sites is 1. The van der Waals surface area contributed by atoms with Gasteiger partial charge in [0.2, 0.25) is 0 Å². The molecule has 0 saturated heterocycles. The second kappa shape index (κ2) is 5.32. The van der Waals surface area contributed by atoms with Crippen molar-refractivity contribution in [3.05, 3.63) is 52.0 Å². The molecule has 5 heteroatoms. The number of aryl methyl sites for hydroxylation is 1. The minimum atomic E-state index is -0.304. The van der Waals surface area contributed by atoms with E-state index in [0.29, 0.717) is 27.0 Å². The van der Waals surface area contributed by atoms with E-state index < -0.39 is 0 Å². The van der Waals surface area contributed by atoms with E-state index in [2.05, 4.69) is 21.2 Å². The van der Waals surface area contributed by atoms with E-state index in [9.17, 15) is 9.90 Å². The number of benzene rings is 2. The quantitative estimate of drug-likeness (QED) is 0.587. The molecule has 2 aromatic carbocycles. The van der Waals surface area contributed by atoms with Gasteiger partial charge >= 0.3 is 0 Å². The van der Waals surface area contributed by atoms with Gasteiger partial charge in [0.15, 0.2) is 0 Å². The predicted molar refractivity (Wildman–Crippen MR) is 79.4 cm³/mol. The van der Waals surface area contributed by atoms with Gasteiger partial charge in [0.05, 0.1) is 5.69 Å². The second-order valence-electron chi connectivity index (χ2n) is 4.16. The summed E-state index contributed by atoms with van der Waals surface area (Å²) in [6.07, 6.45) is 0. The lowest BCUT2D eigenvalue weighted by Gasteiger charge is -2.09. The van der Waals surface area contributed by atoms with Crippen LogP contribution in [0.25, 0.3) is 0 Å². The van der Waals surface area contributed by atoms with Gasteiger partial charge in [-0.05, 0) is 52.7 Å². The normalized spacial score (nSPS) is 10.2. The summed E-state index contributed by atoms with van der Waals surface area (Å²) in [5, 5.41) is 12.5. The molecule has 0 unspecified atom stereocenters. The largest absolute Gasteiger partial charge is 0.505 e. The number of hydrogen-bond donors (Lipinski definition) is 3. The highest BCUT2D eigenvalue weighted by Crippen LogP contribution is 2.27. The number of aromatic hydroxyl groups is 1. The Hall–Kier alpha value is -2.01. The maximum atomic E-state index is 12.1. The molecule has 2 aromatic rings. The van der Waals surface area contributed by atoms with E-state index in [1.54, 1.807) is 43.3 Å². The number of amides is 1. The maximum absolute atomic E-state index is 12.1. The molecule has 0 bridgehead atoms. The van der Waals surface area contributed by atoms with Crippen LogP contribution in [0, 0.1) is 6.92 Å². The van der Waals surface area contributed by atoms with Crippen molar-refractivity contribution in [3.63, 3.8) is 0 Å². The fourth-order valence-electron chi connectivity index (χ4n) is 1.62. The van der Waals surface area contributed by atoms with Gasteiger partial charge in [0.1, 0.15) is 5.75 Å². The number of nitrogens with one attached hydrogen (secondary N) is 1. The van der Waals surface area contributed by atoms with E-state index in [1.807, 2.05) is 0 Å². The zero-order valence-electron chi connectivity index (χ0n) is 10.3. The number of nitrogens with two attached hydrogens (primary N) is 1. The highest BCUT2D eigenvalue weighted by molar-refractivity contribution is 9.10. The first-order valence-electron chi connectivity index (χ1n) is 5.64. The molecule has 4 nitrogen and oxygen atoms in total. The SMILES string of the molecule is Cc1cccc(NC(=O)c2ccc(N)c(Br)c2)c1O. The van der Waals surface area contributed by atoms with Gasteiger partial charge in [-0.15, -0.1) is 0 Å². The average molecular weight is 321 g/mol. The molecule has 1 amide bonds. The molecule has 0 saturated carbocycles. The minimum Gasteiger partial charge on any atom is -0.505 e. The van der Waals surface area contributed by atoms with E-state index in [0.717, 1.165) is 0 Å². The number of carbonyl (C=O) groups is 1. The number of halogens is 1. The molecule has 0 aromatic heterocycles. The summed E-state index contributed by atoms with van der Waals surface area (Å²) < 4.78 is 0.661. The van der Waals surface area contributed by atoms with Gasteiger partial charge in [0, 0.05) is 15.7 Å². The Morgan fingerprint density at radius 2 is 2.05 bits per heavy atom. The van der Waals surface area contributed by atoms with Gasteiger partial charge in [-0.3, -0.25) is 4.79 Å². The summed E-state index contributed by atoms with van der Waals surface area (Å²) in [7, 11) is 0. The third-order valence-electron chi connectivity index (χ3n) is 2.75. The Morgan fingerprint density at radius 3 is 2.74 bits per heavy atom. The molecule has 0 aliphatic heterocycles. The van der Waals surface area contributed by atoms with Crippen molar-refractivity contribution in [2.75, 3.05) is 11.1 Å². The van der Waals surface area contributed by atoms with Crippen LogP contribution in [0.3, 0.4) is 0 Å². The number of anilines is 2. The number of carbonyl (C=O) groups excluding carboxylic acids is 1. The van der Waals surface area contributed by atoms with E-state index in [-0.39, 0.29) is 11.7 Å². The fourth-order valence-corrected chi connectivity index (χ4v) is 2.00. The Labute approximate surface area is 119 Å². The van der Waals surface area contributed by atoms with Gasteiger partial charge in [-0.25, -0.2) is 0 Å². The lowest BCUT2D eigenvalue weighted by molar-refractivity contribution is 0.102. The summed E-state index contributed by atoms with van der Waals surface area (Å²) in [6, 6.07) is 10.1. The molecule has 0 aliphatic carbocycles. The monoisotopic (exact) mass is 320 g/mol. The van der Waals surface area contributed by atoms with Crippen molar-refractivity contribution in [1.82, 2.24) is 0 Å². The molecular weight excluding hydrogens is 308 g/mol. The van der Waals surface area contributed by atoms with Crippen LogP contribution >= 0.6 is 15.9 Å². The molecule has 0 aliphatic rings. The molecule has 0 radical (unpaired) electrons. The summed E-state index contributed by atoms with van der Waals surface area (Å²) in [6.45, 7) is 1.77. The van der Waals surface area contributed by atoms with Crippen molar-refractivity contribution < 1.29 is 9.90 Å². The minimum absolute atomic E-state index is 0.0744. The Kier molecular flexibility index (Phi) is 3.76. The molecule has 0 atom stereocenters. The topological polar surface area (TPSA) is 75.4 Å². The van der Waals surface area contributed by atoms with Gasteiger partial charge < -0.3 is 16.2 Å². The predicted octanol–water partition coefficient (Wildman–Crippen LogP) is 3.30. The molecule has 2 rings (SSSR count). The van der Waals surface area contributed by atoms with Crippen LogP contribution < -0.4 is 11.1 Å². The Balaban J connectivity index is 2.26. The van der Waals surface area contributed by atoms with E-state index in [4.69, 9.17) is 5.73 Å². The van der Waals surface area contributed by atoms with Crippen molar-refractivity contribution in [2.45, 2.75) is 6.92 Å². The smallest absolute Gasteiger partial charge is 0.255 e. The maximum Gasteiger partial charge on any atom is 0.255 e. The second-order valence-corrected chi connectivity index (χ2v) is 5.02. The lowest BCUT2D eigenvalue weighted by atomic mass is 10.1.